The van der Waals surface area contributed by atoms with Crippen molar-refractivity contribution in [1.29, 1.82) is 0 Å². The molecule has 1 atom stereocenters. The van der Waals surface area contributed by atoms with Crippen LogP contribution < -0.4 is 10.1 Å². The van der Waals surface area contributed by atoms with Crippen LogP contribution in [0.4, 0.5) is 5.13 Å². The lowest BCUT2D eigenvalue weighted by molar-refractivity contribution is 0.259. The van der Waals surface area contributed by atoms with Crippen molar-refractivity contribution in [1.82, 2.24) is 19.7 Å². The lowest BCUT2D eigenvalue weighted by Crippen LogP contribution is -2.25. The fourth-order valence-corrected chi connectivity index (χ4v) is 4.36. The van der Waals surface area contributed by atoms with Crippen LogP contribution >= 0.6 is 11.3 Å². The molecule has 7 nitrogen and oxygen atoms in total. The maximum Gasteiger partial charge on any atom is 0.184 e. The van der Waals surface area contributed by atoms with Crippen LogP contribution in [0.2, 0.25) is 0 Å². The zero-order valence-electron chi connectivity index (χ0n) is 17.9. The monoisotopic (exact) mass is 437 g/mol. The van der Waals surface area contributed by atoms with Crippen LogP contribution in [0.3, 0.4) is 0 Å². The number of ether oxygens (including phenoxy) is 1. The first-order valence-corrected chi connectivity index (χ1v) is 11.3. The highest BCUT2D eigenvalue weighted by Crippen LogP contribution is 2.32. The van der Waals surface area contributed by atoms with Gasteiger partial charge in [0.05, 0.1) is 34.8 Å². The summed E-state index contributed by atoms with van der Waals surface area (Å²) < 4.78 is 9.00. The Balaban J connectivity index is 1.51. The Hall–Kier alpha value is -2.97. The van der Waals surface area contributed by atoms with Crippen LogP contribution in [0.25, 0.3) is 21.5 Å². The van der Waals surface area contributed by atoms with Crippen LogP contribution in [-0.4, -0.2) is 37.5 Å². The Kier molecular flexibility index (Phi) is 6.48. The molecular formula is C23H27N5O2S. The summed E-state index contributed by atoms with van der Waals surface area (Å²) in [6.07, 6.45) is 6.42. The Morgan fingerprint density at radius 3 is 2.77 bits per heavy atom. The van der Waals surface area contributed by atoms with Gasteiger partial charge in [0.25, 0.3) is 0 Å². The molecule has 0 fully saturated rings. The molecule has 162 valence electrons. The number of hydrogen-bond acceptors (Lipinski definition) is 7. The lowest BCUT2D eigenvalue weighted by Gasteiger charge is -2.17. The lowest BCUT2D eigenvalue weighted by atomic mass is 10.0. The minimum Gasteiger partial charge on any atom is -0.457 e. The van der Waals surface area contributed by atoms with Gasteiger partial charge in [-0.15, -0.1) is 0 Å². The van der Waals surface area contributed by atoms with Gasteiger partial charge < -0.3 is 15.2 Å². The van der Waals surface area contributed by atoms with Gasteiger partial charge in [0.2, 0.25) is 0 Å². The number of benzene rings is 1. The summed E-state index contributed by atoms with van der Waals surface area (Å²) in [5.41, 5.74) is 2.69. The first-order valence-electron chi connectivity index (χ1n) is 10.5. The van der Waals surface area contributed by atoms with Gasteiger partial charge in [0.15, 0.2) is 5.13 Å². The van der Waals surface area contributed by atoms with Crippen LogP contribution in [0, 0.1) is 5.92 Å². The maximum absolute atomic E-state index is 9.62. The first-order chi connectivity index (χ1) is 15.0. The quantitative estimate of drug-likeness (QED) is 0.375. The number of pyridine rings is 1. The van der Waals surface area contributed by atoms with E-state index in [1.165, 1.54) is 0 Å². The van der Waals surface area contributed by atoms with Crippen molar-refractivity contribution in [3.05, 3.63) is 48.9 Å². The predicted octanol–water partition coefficient (Wildman–Crippen LogP) is 5.19. The topological polar surface area (TPSA) is 85.1 Å². The Morgan fingerprint density at radius 1 is 1.19 bits per heavy atom. The van der Waals surface area contributed by atoms with E-state index in [4.69, 9.17) is 4.74 Å². The van der Waals surface area contributed by atoms with E-state index in [1.807, 2.05) is 47.4 Å². The van der Waals surface area contributed by atoms with E-state index in [0.29, 0.717) is 11.7 Å². The van der Waals surface area contributed by atoms with Crippen molar-refractivity contribution >= 4 is 26.7 Å². The van der Waals surface area contributed by atoms with Crippen molar-refractivity contribution in [2.24, 2.45) is 5.92 Å². The number of aryl methyl sites for hydroxylation is 1. The van der Waals surface area contributed by atoms with Crippen molar-refractivity contribution in [2.45, 2.75) is 39.8 Å². The van der Waals surface area contributed by atoms with Gasteiger partial charge in [-0.1, -0.05) is 25.2 Å². The highest BCUT2D eigenvalue weighted by molar-refractivity contribution is 7.22. The number of rotatable bonds is 9. The highest BCUT2D eigenvalue weighted by atomic mass is 32.1. The van der Waals surface area contributed by atoms with E-state index in [-0.39, 0.29) is 12.6 Å². The molecule has 0 bridgehead atoms. The molecule has 0 aliphatic rings. The number of hydrogen-bond donors (Lipinski definition) is 2. The van der Waals surface area contributed by atoms with Crippen LogP contribution in [0.1, 0.15) is 27.2 Å². The molecule has 0 saturated heterocycles. The standard InChI is InChI=1S/C23H27N5O2S/c1-4-28-13-16(12-25-28)21-10-19(7-8-24-21)30-18-5-6-20-22(11-18)31-23(27-20)26-17(14-29)9-15(2)3/h5-8,10-13,15,17,29H,4,9,14H2,1-3H3,(H,26,27)/t17-/m1/s1. The molecule has 2 N–H and O–H groups in total. The SMILES string of the molecule is CCn1cc(-c2cc(Oc3ccc4nc(N[C@@H](CO)CC(C)C)sc4c3)ccn2)cn1. The number of nitrogens with zero attached hydrogens (tertiary/aromatic N) is 4. The number of aromatic nitrogens is 4. The number of nitrogens with one attached hydrogen (secondary N) is 1. The van der Waals surface area contributed by atoms with Gasteiger partial charge >= 0.3 is 0 Å². The molecule has 0 amide bonds. The predicted molar refractivity (Wildman–Crippen MR) is 125 cm³/mol. The van der Waals surface area contributed by atoms with Gasteiger partial charge in [-0.2, -0.15) is 5.10 Å². The molecule has 8 heteroatoms. The molecule has 31 heavy (non-hydrogen) atoms. The summed E-state index contributed by atoms with van der Waals surface area (Å²) >= 11 is 1.56. The molecule has 0 aliphatic heterocycles. The van der Waals surface area contributed by atoms with Gasteiger partial charge in [0, 0.05) is 36.6 Å². The zero-order valence-corrected chi connectivity index (χ0v) is 18.8. The van der Waals surface area contributed by atoms with E-state index in [0.717, 1.165) is 45.3 Å². The third kappa shape index (κ3) is 5.21. The first kappa shape index (κ1) is 21.3. The van der Waals surface area contributed by atoms with Gasteiger partial charge in [-0.25, -0.2) is 4.98 Å². The van der Waals surface area contributed by atoms with E-state index in [9.17, 15) is 5.11 Å². The summed E-state index contributed by atoms with van der Waals surface area (Å²) in [5.74, 6) is 1.96. The van der Waals surface area contributed by atoms with Crippen LogP contribution in [-0.2, 0) is 6.54 Å². The number of aliphatic hydroxyl groups excluding tert-OH is 1. The molecule has 0 spiro atoms. The number of anilines is 1. The Morgan fingerprint density at radius 2 is 2.03 bits per heavy atom. The minimum atomic E-state index is 0.00332. The van der Waals surface area contributed by atoms with Crippen molar-refractivity contribution in [3.63, 3.8) is 0 Å². The third-order valence-electron chi connectivity index (χ3n) is 4.88. The van der Waals surface area contributed by atoms with Crippen molar-refractivity contribution < 1.29 is 9.84 Å². The zero-order chi connectivity index (χ0) is 21.8. The maximum atomic E-state index is 9.62. The van der Waals surface area contributed by atoms with E-state index in [1.54, 1.807) is 17.5 Å². The summed E-state index contributed by atoms with van der Waals surface area (Å²) in [6.45, 7) is 7.25. The summed E-state index contributed by atoms with van der Waals surface area (Å²) in [5, 5.41) is 18.1. The average Bonchev–Trinajstić information content (AvgIpc) is 3.39. The highest BCUT2D eigenvalue weighted by Gasteiger charge is 2.13. The normalized spacial score (nSPS) is 12.4. The fourth-order valence-electron chi connectivity index (χ4n) is 3.39. The fraction of sp³-hybridized carbons (Fsp3) is 0.348. The van der Waals surface area contributed by atoms with Crippen molar-refractivity contribution in [2.75, 3.05) is 11.9 Å². The number of thiazole rings is 1. The smallest absolute Gasteiger partial charge is 0.184 e. The minimum absolute atomic E-state index is 0.00332. The molecule has 4 aromatic rings. The molecule has 1 aromatic carbocycles. The number of fused-ring (bicyclic) bond motifs is 1. The van der Waals surface area contributed by atoms with E-state index >= 15 is 0 Å². The molecule has 0 aliphatic carbocycles. The molecule has 0 unspecified atom stereocenters. The van der Waals surface area contributed by atoms with Crippen molar-refractivity contribution in [3.8, 4) is 22.8 Å². The molecule has 0 radical (unpaired) electrons. The van der Waals surface area contributed by atoms with Gasteiger partial charge in [0.1, 0.15) is 11.5 Å². The molecule has 4 rings (SSSR count). The van der Waals surface area contributed by atoms with E-state index in [2.05, 4.69) is 41.2 Å². The Labute approximate surface area is 185 Å². The average molecular weight is 438 g/mol. The van der Waals surface area contributed by atoms with Crippen LogP contribution in [0.15, 0.2) is 48.9 Å². The molecule has 3 aromatic heterocycles. The third-order valence-corrected chi connectivity index (χ3v) is 5.83. The second-order valence-corrected chi connectivity index (χ2v) is 8.90. The van der Waals surface area contributed by atoms with Gasteiger partial charge in [-0.05, 0) is 37.5 Å². The molecule has 3 heterocycles. The summed E-state index contributed by atoms with van der Waals surface area (Å²) in [7, 11) is 0. The Bertz CT molecular complexity index is 1150. The molecule has 0 saturated carbocycles. The second-order valence-electron chi connectivity index (χ2n) is 7.87. The van der Waals surface area contributed by atoms with E-state index < -0.39 is 0 Å². The summed E-state index contributed by atoms with van der Waals surface area (Å²) in [4.78, 5) is 9.08. The molecular weight excluding hydrogens is 410 g/mol. The largest absolute Gasteiger partial charge is 0.457 e. The number of aliphatic hydroxyl groups is 1. The second kappa shape index (κ2) is 9.45. The van der Waals surface area contributed by atoms with Gasteiger partial charge in [-0.3, -0.25) is 9.67 Å². The summed E-state index contributed by atoms with van der Waals surface area (Å²) in [6, 6.07) is 9.62. The van der Waals surface area contributed by atoms with Crippen LogP contribution in [0.5, 0.6) is 11.5 Å².